The van der Waals surface area contributed by atoms with E-state index in [2.05, 4.69) is 15.1 Å². The minimum absolute atomic E-state index is 0.266. The second kappa shape index (κ2) is 5.36. The fourth-order valence-corrected chi connectivity index (χ4v) is 2.81. The Morgan fingerprint density at radius 1 is 1.24 bits per heavy atom. The fourth-order valence-electron chi connectivity index (χ4n) is 1.94. The fraction of sp³-hybridized carbons (Fsp3) is 0.154. The molecule has 0 amide bonds. The third-order valence-corrected chi connectivity index (χ3v) is 4.49. The highest BCUT2D eigenvalue weighted by Crippen LogP contribution is 2.29. The van der Waals surface area contributed by atoms with Crippen LogP contribution in [-0.2, 0) is 10.8 Å². The summed E-state index contributed by atoms with van der Waals surface area (Å²) in [4.78, 5) is 8.44. The predicted octanol–water partition coefficient (Wildman–Crippen LogP) is 3.17. The van der Waals surface area contributed by atoms with Gasteiger partial charge in [0.2, 0.25) is 5.16 Å². The lowest BCUT2D eigenvalue weighted by Gasteiger charge is -2.04. The number of hydrogen-bond acceptors (Lipinski definition) is 4. The van der Waals surface area contributed by atoms with Crippen molar-refractivity contribution in [3.05, 3.63) is 40.1 Å². The summed E-state index contributed by atoms with van der Waals surface area (Å²) in [6.07, 6.45) is 3.32. The van der Waals surface area contributed by atoms with E-state index in [0.717, 1.165) is 11.1 Å². The Labute approximate surface area is 133 Å². The highest BCUT2D eigenvalue weighted by atomic mass is 35.5. The minimum Gasteiger partial charge on any atom is -0.251 e. The lowest BCUT2D eigenvalue weighted by molar-refractivity contribution is 0.679. The lowest BCUT2D eigenvalue weighted by Crippen LogP contribution is -1.99. The smallest absolute Gasteiger partial charge is 0.220 e. The number of hydrogen-bond donors (Lipinski definition) is 0. The van der Waals surface area contributed by atoms with Crippen LogP contribution in [0.25, 0.3) is 16.7 Å². The van der Waals surface area contributed by atoms with E-state index in [1.165, 1.54) is 6.26 Å². The molecule has 0 fully saturated rings. The zero-order valence-corrected chi connectivity index (χ0v) is 13.5. The van der Waals surface area contributed by atoms with Gasteiger partial charge in [0.25, 0.3) is 0 Å². The molecule has 8 heteroatoms. The van der Waals surface area contributed by atoms with Gasteiger partial charge in [-0.2, -0.15) is 4.98 Å². The van der Waals surface area contributed by atoms with Crippen molar-refractivity contribution in [3.8, 4) is 5.69 Å². The Bertz CT molecular complexity index is 878. The molecule has 0 radical (unpaired) electrons. The molecule has 3 rings (SSSR count). The average Bonchev–Trinajstić information content (AvgIpc) is 2.86. The predicted molar refractivity (Wildman–Crippen MR) is 83.7 cm³/mol. The summed E-state index contributed by atoms with van der Waals surface area (Å²) < 4.78 is 13.1. The molecule has 2 aromatic heterocycles. The van der Waals surface area contributed by atoms with Crippen LogP contribution in [0, 0.1) is 6.92 Å². The zero-order valence-electron chi connectivity index (χ0n) is 11.2. The second-order valence-electron chi connectivity index (χ2n) is 4.43. The number of aryl methyl sites for hydroxylation is 1. The SMILES string of the molecule is Cc1nc(S(C)=O)nc2nn(-c3cccc(Cl)c3Cl)cc12. The van der Waals surface area contributed by atoms with Gasteiger partial charge in [0.05, 0.1) is 37.6 Å². The summed E-state index contributed by atoms with van der Waals surface area (Å²) >= 11 is 12.2. The highest BCUT2D eigenvalue weighted by Gasteiger charge is 2.13. The summed E-state index contributed by atoms with van der Waals surface area (Å²) in [6.45, 7) is 1.83. The van der Waals surface area contributed by atoms with Gasteiger partial charge in [-0.25, -0.2) is 9.67 Å². The Kier molecular flexibility index (Phi) is 3.69. The van der Waals surface area contributed by atoms with Gasteiger partial charge >= 0.3 is 0 Å². The average molecular weight is 341 g/mol. The molecule has 21 heavy (non-hydrogen) atoms. The Hall–Kier alpha value is -1.50. The van der Waals surface area contributed by atoms with E-state index in [1.807, 2.05) is 13.0 Å². The Balaban J connectivity index is 2.24. The van der Waals surface area contributed by atoms with Crippen molar-refractivity contribution in [2.24, 2.45) is 0 Å². The van der Waals surface area contributed by atoms with Crippen LogP contribution >= 0.6 is 23.2 Å². The van der Waals surface area contributed by atoms with E-state index in [0.29, 0.717) is 21.4 Å². The van der Waals surface area contributed by atoms with Crippen LogP contribution in [0.2, 0.25) is 10.0 Å². The summed E-state index contributed by atoms with van der Waals surface area (Å²) in [5, 5.41) is 6.29. The maximum Gasteiger partial charge on any atom is 0.220 e. The Morgan fingerprint density at radius 2 is 2.00 bits per heavy atom. The molecule has 0 aliphatic carbocycles. The van der Waals surface area contributed by atoms with Crippen LogP contribution < -0.4 is 0 Å². The van der Waals surface area contributed by atoms with Gasteiger partial charge < -0.3 is 0 Å². The van der Waals surface area contributed by atoms with Crippen LogP contribution in [0.5, 0.6) is 0 Å². The van der Waals surface area contributed by atoms with E-state index in [9.17, 15) is 4.21 Å². The topological polar surface area (TPSA) is 60.7 Å². The molecule has 1 aromatic carbocycles. The lowest BCUT2D eigenvalue weighted by atomic mass is 10.3. The number of nitrogens with zero attached hydrogens (tertiary/aromatic N) is 4. The number of rotatable bonds is 2. The van der Waals surface area contributed by atoms with Crippen molar-refractivity contribution in [3.63, 3.8) is 0 Å². The molecule has 0 saturated heterocycles. The van der Waals surface area contributed by atoms with Crippen molar-refractivity contribution in [1.29, 1.82) is 0 Å². The monoisotopic (exact) mass is 340 g/mol. The zero-order chi connectivity index (χ0) is 15.1. The van der Waals surface area contributed by atoms with Crippen molar-refractivity contribution in [2.45, 2.75) is 12.1 Å². The summed E-state index contributed by atoms with van der Waals surface area (Å²) in [5.74, 6) is 0. The molecule has 0 bridgehead atoms. The van der Waals surface area contributed by atoms with Crippen LogP contribution in [0.3, 0.4) is 0 Å². The van der Waals surface area contributed by atoms with Crippen molar-refractivity contribution < 1.29 is 4.21 Å². The van der Waals surface area contributed by atoms with Crippen molar-refractivity contribution >= 4 is 45.0 Å². The normalized spacial score (nSPS) is 12.8. The molecule has 1 atom stereocenters. The molecule has 1 unspecified atom stereocenters. The quantitative estimate of drug-likeness (QED) is 0.672. The third kappa shape index (κ3) is 2.54. The first kappa shape index (κ1) is 14.4. The first-order valence-corrected chi connectivity index (χ1v) is 8.30. The van der Waals surface area contributed by atoms with Gasteiger partial charge in [0, 0.05) is 12.5 Å². The van der Waals surface area contributed by atoms with Gasteiger partial charge in [-0.15, -0.1) is 5.10 Å². The number of halogens is 2. The molecule has 2 heterocycles. The standard InChI is InChI=1S/C13H10Cl2N4OS/c1-7-8-6-19(10-5-3-4-9(14)11(10)15)18-12(8)17-13(16-7)21(2)20/h3-6H,1-2H3. The molecule has 0 aliphatic heterocycles. The van der Waals surface area contributed by atoms with E-state index >= 15 is 0 Å². The maximum absolute atomic E-state index is 11.5. The summed E-state index contributed by atoms with van der Waals surface area (Å²) in [6, 6.07) is 5.31. The maximum atomic E-state index is 11.5. The van der Waals surface area contributed by atoms with Crippen LogP contribution in [0.1, 0.15) is 5.69 Å². The van der Waals surface area contributed by atoms with E-state index in [4.69, 9.17) is 23.2 Å². The molecular weight excluding hydrogens is 331 g/mol. The highest BCUT2D eigenvalue weighted by molar-refractivity contribution is 7.84. The number of fused-ring (bicyclic) bond motifs is 1. The molecule has 0 aliphatic rings. The van der Waals surface area contributed by atoms with E-state index < -0.39 is 10.8 Å². The number of aromatic nitrogens is 4. The first-order chi connectivity index (χ1) is 9.97. The van der Waals surface area contributed by atoms with Gasteiger partial charge in [0.15, 0.2) is 5.65 Å². The van der Waals surface area contributed by atoms with Crippen LogP contribution in [0.15, 0.2) is 29.6 Å². The van der Waals surface area contributed by atoms with E-state index in [-0.39, 0.29) is 5.16 Å². The van der Waals surface area contributed by atoms with Crippen molar-refractivity contribution in [1.82, 2.24) is 19.7 Å². The van der Waals surface area contributed by atoms with Gasteiger partial charge in [-0.05, 0) is 19.1 Å². The molecular formula is C13H10Cl2N4OS. The number of benzene rings is 1. The second-order valence-corrected chi connectivity index (χ2v) is 6.49. The molecule has 0 spiro atoms. The van der Waals surface area contributed by atoms with Gasteiger partial charge in [0.1, 0.15) is 0 Å². The van der Waals surface area contributed by atoms with Crippen LogP contribution in [-0.4, -0.2) is 30.2 Å². The Morgan fingerprint density at radius 3 is 2.71 bits per heavy atom. The minimum atomic E-state index is -1.26. The molecule has 5 nitrogen and oxygen atoms in total. The van der Waals surface area contributed by atoms with Gasteiger partial charge in [-0.1, -0.05) is 29.3 Å². The third-order valence-electron chi connectivity index (χ3n) is 2.98. The largest absolute Gasteiger partial charge is 0.251 e. The van der Waals surface area contributed by atoms with Crippen LogP contribution in [0.4, 0.5) is 0 Å². The van der Waals surface area contributed by atoms with E-state index in [1.54, 1.807) is 23.0 Å². The molecule has 3 aromatic rings. The molecule has 108 valence electrons. The molecule has 0 N–H and O–H groups in total. The summed E-state index contributed by atoms with van der Waals surface area (Å²) in [7, 11) is -1.26. The van der Waals surface area contributed by atoms with Gasteiger partial charge in [-0.3, -0.25) is 4.21 Å². The first-order valence-electron chi connectivity index (χ1n) is 5.99. The summed E-state index contributed by atoms with van der Waals surface area (Å²) in [5.41, 5.74) is 1.85. The van der Waals surface area contributed by atoms with Crippen molar-refractivity contribution in [2.75, 3.05) is 6.26 Å². The molecule has 0 saturated carbocycles.